The molecular formula is C17H18ClN3O. The summed E-state index contributed by atoms with van der Waals surface area (Å²) >= 11 is 6.16. The van der Waals surface area contributed by atoms with E-state index in [1.807, 2.05) is 42.3 Å². The lowest BCUT2D eigenvalue weighted by atomic mass is 10.0. The summed E-state index contributed by atoms with van der Waals surface area (Å²) in [5.41, 5.74) is 2.65. The molecule has 1 atom stereocenters. The van der Waals surface area contributed by atoms with E-state index in [1.165, 1.54) is 0 Å². The molecule has 0 spiro atoms. The van der Waals surface area contributed by atoms with E-state index < -0.39 is 0 Å². The van der Waals surface area contributed by atoms with Crippen molar-refractivity contribution in [3.63, 3.8) is 0 Å². The van der Waals surface area contributed by atoms with E-state index in [0.29, 0.717) is 17.1 Å². The van der Waals surface area contributed by atoms with E-state index in [2.05, 4.69) is 10.3 Å². The Balaban J connectivity index is 1.90. The Hall–Kier alpha value is -1.91. The molecule has 22 heavy (non-hydrogen) atoms. The summed E-state index contributed by atoms with van der Waals surface area (Å²) in [6, 6.07) is 9.38. The highest BCUT2D eigenvalue weighted by Crippen LogP contribution is 2.25. The van der Waals surface area contributed by atoms with Gasteiger partial charge in [0.05, 0.1) is 6.04 Å². The van der Waals surface area contributed by atoms with Crippen LogP contribution in [0.5, 0.6) is 0 Å². The third-order valence-corrected chi connectivity index (χ3v) is 4.40. The number of carbonyl (C=O) groups excluding carboxylic acids is 1. The second kappa shape index (κ2) is 6.46. The lowest BCUT2D eigenvalue weighted by Gasteiger charge is -2.36. The number of rotatable bonds is 2. The highest BCUT2D eigenvalue weighted by molar-refractivity contribution is 6.31. The molecule has 1 amide bonds. The summed E-state index contributed by atoms with van der Waals surface area (Å²) in [6.45, 7) is 4.13. The van der Waals surface area contributed by atoms with Crippen LogP contribution in [0, 0.1) is 6.92 Å². The summed E-state index contributed by atoms with van der Waals surface area (Å²) in [6.07, 6.45) is 3.56. The van der Waals surface area contributed by atoms with Gasteiger partial charge in [0, 0.05) is 42.6 Å². The molecule has 1 aromatic heterocycles. The van der Waals surface area contributed by atoms with Gasteiger partial charge in [-0.1, -0.05) is 23.7 Å². The summed E-state index contributed by atoms with van der Waals surface area (Å²) in [4.78, 5) is 18.9. The van der Waals surface area contributed by atoms with E-state index in [4.69, 9.17) is 11.6 Å². The Morgan fingerprint density at radius 3 is 3.00 bits per heavy atom. The van der Waals surface area contributed by atoms with Gasteiger partial charge >= 0.3 is 0 Å². The number of hydrogen-bond acceptors (Lipinski definition) is 3. The van der Waals surface area contributed by atoms with Crippen molar-refractivity contribution in [1.82, 2.24) is 15.2 Å². The molecule has 1 aromatic carbocycles. The maximum absolute atomic E-state index is 12.9. The highest BCUT2D eigenvalue weighted by atomic mass is 35.5. The summed E-state index contributed by atoms with van der Waals surface area (Å²) in [5, 5.41) is 3.97. The van der Waals surface area contributed by atoms with Crippen molar-refractivity contribution >= 4 is 17.5 Å². The third-order valence-electron chi connectivity index (χ3n) is 3.99. The molecular weight excluding hydrogens is 298 g/mol. The number of nitrogens with zero attached hydrogens (tertiary/aromatic N) is 2. The molecule has 0 aliphatic carbocycles. The predicted molar refractivity (Wildman–Crippen MR) is 87.1 cm³/mol. The van der Waals surface area contributed by atoms with E-state index in [1.54, 1.807) is 12.3 Å². The Morgan fingerprint density at radius 2 is 2.27 bits per heavy atom. The van der Waals surface area contributed by atoms with Crippen LogP contribution in [-0.4, -0.2) is 35.4 Å². The average Bonchev–Trinajstić information content (AvgIpc) is 2.57. The molecule has 0 saturated carbocycles. The number of halogens is 1. The van der Waals surface area contributed by atoms with Gasteiger partial charge in [-0.2, -0.15) is 0 Å². The van der Waals surface area contributed by atoms with Gasteiger partial charge in [0.1, 0.15) is 0 Å². The van der Waals surface area contributed by atoms with Crippen LogP contribution in [0.1, 0.15) is 27.5 Å². The molecule has 1 N–H and O–H groups in total. The quantitative estimate of drug-likeness (QED) is 0.927. The molecule has 1 unspecified atom stereocenters. The van der Waals surface area contributed by atoms with E-state index in [9.17, 15) is 4.79 Å². The van der Waals surface area contributed by atoms with Gasteiger partial charge in [0.25, 0.3) is 5.91 Å². The van der Waals surface area contributed by atoms with Crippen molar-refractivity contribution < 1.29 is 4.79 Å². The predicted octanol–water partition coefficient (Wildman–Crippen LogP) is 2.83. The van der Waals surface area contributed by atoms with Crippen molar-refractivity contribution in [2.75, 3.05) is 19.6 Å². The largest absolute Gasteiger partial charge is 0.329 e. The molecule has 1 aliphatic rings. The number of hydrogen-bond donors (Lipinski definition) is 1. The maximum atomic E-state index is 12.9. The standard InChI is InChI=1S/C17H18ClN3O/c1-12-4-5-13(9-15(12)18)17(22)21-8-7-20-11-16(21)14-3-2-6-19-10-14/h2-6,9-10,16,20H,7-8,11H2,1H3. The van der Waals surface area contributed by atoms with Crippen LogP contribution < -0.4 is 5.32 Å². The zero-order valence-electron chi connectivity index (χ0n) is 12.4. The molecule has 3 rings (SSSR count). The van der Waals surface area contributed by atoms with Gasteiger partial charge in [0.15, 0.2) is 0 Å². The lowest BCUT2D eigenvalue weighted by Crippen LogP contribution is -2.48. The molecule has 5 heteroatoms. The molecule has 0 radical (unpaired) electrons. The van der Waals surface area contributed by atoms with Crippen molar-refractivity contribution in [1.29, 1.82) is 0 Å². The van der Waals surface area contributed by atoms with Gasteiger partial charge in [-0.3, -0.25) is 9.78 Å². The number of pyridine rings is 1. The van der Waals surface area contributed by atoms with Gasteiger partial charge in [-0.05, 0) is 36.2 Å². The van der Waals surface area contributed by atoms with Crippen LogP contribution >= 0.6 is 11.6 Å². The van der Waals surface area contributed by atoms with Crippen molar-refractivity contribution in [3.8, 4) is 0 Å². The summed E-state index contributed by atoms with van der Waals surface area (Å²) in [5.74, 6) is 0.0113. The minimum absolute atomic E-state index is 0.00460. The molecule has 1 aliphatic heterocycles. The lowest BCUT2D eigenvalue weighted by molar-refractivity contribution is 0.0634. The van der Waals surface area contributed by atoms with Gasteiger partial charge < -0.3 is 10.2 Å². The third kappa shape index (κ3) is 2.98. The number of aromatic nitrogens is 1. The second-order valence-electron chi connectivity index (χ2n) is 5.47. The van der Waals surface area contributed by atoms with E-state index in [0.717, 1.165) is 24.2 Å². The fourth-order valence-corrected chi connectivity index (χ4v) is 2.89. The van der Waals surface area contributed by atoms with Crippen LogP contribution in [0.15, 0.2) is 42.7 Å². The number of amides is 1. The minimum atomic E-state index is -0.00460. The van der Waals surface area contributed by atoms with E-state index >= 15 is 0 Å². The molecule has 2 aromatic rings. The first-order valence-corrected chi connectivity index (χ1v) is 7.72. The van der Waals surface area contributed by atoms with Gasteiger partial charge in [0.2, 0.25) is 0 Å². The Morgan fingerprint density at radius 1 is 1.41 bits per heavy atom. The zero-order chi connectivity index (χ0) is 15.5. The number of nitrogens with one attached hydrogen (secondary N) is 1. The van der Waals surface area contributed by atoms with Crippen molar-refractivity contribution in [3.05, 3.63) is 64.4 Å². The van der Waals surface area contributed by atoms with Crippen LogP contribution in [0.2, 0.25) is 5.02 Å². The van der Waals surface area contributed by atoms with Crippen molar-refractivity contribution in [2.24, 2.45) is 0 Å². The van der Waals surface area contributed by atoms with Crippen molar-refractivity contribution in [2.45, 2.75) is 13.0 Å². The zero-order valence-corrected chi connectivity index (χ0v) is 13.2. The number of aryl methyl sites for hydroxylation is 1. The van der Waals surface area contributed by atoms with Gasteiger partial charge in [-0.15, -0.1) is 0 Å². The molecule has 2 heterocycles. The first kappa shape index (κ1) is 15.0. The Bertz CT molecular complexity index is 675. The molecule has 1 saturated heterocycles. The fourth-order valence-electron chi connectivity index (χ4n) is 2.71. The Labute approximate surface area is 135 Å². The highest BCUT2D eigenvalue weighted by Gasteiger charge is 2.28. The fraction of sp³-hybridized carbons (Fsp3) is 0.294. The van der Waals surface area contributed by atoms with Crippen LogP contribution in [-0.2, 0) is 0 Å². The second-order valence-corrected chi connectivity index (χ2v) is 5.88. The maximum Gasteiger partial charge on any atom is 0.254 e. The monoisotopic (exact) mass is 315 g/mol. The molecule has 4 nitrogen and oxygen atoms in total. The topological polar surface area (TPSA) is 45.2 Å². The van der Waals surface area contributed by atoms with E-state index in [-0.39, 0.29) is 11.9 Å². The average molecular weight is 316 g/mol. The smallest absolute Gasteiger partial charge is 0.254 e. The normalized spacial score (nSPS) is 18.3. The van der Waals surface area contributed by atoms with Gasteiger partial charge in [-0.25, -0.2) is 0 Å². The minimum Gasteiger partial charge on any atom is -0.329 e. The molecule has 1 fully saturated rings. The first-order valence-electron chi connectivity index (χ1n) is 7.34. The summed E-state index contributed by atoms with van der Waals surface area (Å²) < 4.78 is 0. The first-order chi connectivity index (χ1) is 10.7. The van der Waals surface area contributed by atoms with Crippen LogP contribution in [0.25, 0.3) is 0 Å². The molecule has 114 valence electrons. The van der Waals surface area contributed by atoms with Crippen LogP contribution in [0.4, 0.5) is 0 Å². The number of benzene rings is 1. The molecule has 0 bridgehead atoms. The number of carbonyl (C=O) groups is 1. The SMILES string of the molecule is Cc1ccc(C(=O)N2CCNCC2c2cccnc2)cc1Cl. The Kier molecular flexibility index (Phi) is 4.41. The van der Waals surface area contributed by atoms with Crippen LogP contribution in [0.3, 0.4) is 0 Å². The number of piperazine rings is 1. The summed E-state index contributed by atoms with van der Waals surface area (Å²) in [7, 11) is 0.